The molecule has 2 aromatic carbocycles. The molecule has 106 valence electrons. The molecular formula is C17H15NOS2. The molecule has 21 heavy (non-hydrogen) atoms. The lowest BCUT2D eigenvalue weighted by Gasteiger charge is -2.06. The number of thiophene rings is 1. The number of hydrogen-bond donors (Lipinski definition) is 1. The van der Waals surface area contributed by atoms with Crippen LogP contribution in [0.15, 0.2) is 60.0 Å². The van der Waals surface area contributed by atoms with Crippen molar-refractivity contribution in [1.29, 1.82) is 0 Å². The van der Waals surface area contributed by atoms with Crippen molar-refractivity contribution in [2.45, 2.75) is 5.75 Å². The van der Waals surface area contributed by atoms with Crippen molar-refractivity contribution in [3.63, 3.8) is 0 Å². The Labute approximate surface area is 132 Å². The summed E-state index contributed by atoms with van der Waals surface area (Å²) in [5, 5.41) is 7.34. The van der Waals surface area contributed by atoms with Crippen LogP contribution in [0.5, 0.6) is 0 Å². The van der Waals surface area contributed by atoms with Crippen LogP contribution in [0.1, 0.15) is 4.88 Å². The molecule has 4 heteroatoms. The minimum Gasteiger partial charge on any atom is -0.325 e. The van der Waals surface area contributed by atoms with Crippen LogP contribution in [-0.4, -0.2) is 11.7 Å². The van der Waals surface area contributed by atoms with Gasteiger partial charge in [0.15, 0.2) is 0 Å². The smallest absolute Gasteiger partial charge is 0.234 e. The van der Waals surface area contributed by atoms with Crippen LogP contribution in [-0.2, 0) is 10.5 Å². The Bertz CT molecular complexity index is 737. The highest BCUT2D eigenvalue weighted by Crippen LogP contribution is 2.20. The summed E-state index contributed by atoms with van der Waals surface area (Å²) in [5.74, 6) is 1.42. The number of carbonyl (C=O) groups is 1. The average molecular weight is 313 g/mol. The molecule has 0 fully saturated rings. The SMILES string of the molecule is O=C(CSCc1cccs1)Nc1ccc2ccccc2c1. The standard InChI is InChI=1S/C17H15NOS2/c19-17(12-20-11-16-6-3-9-21-16)18-15-8-7-13-4-1-2-5-14(13)10-15/h1-10H,11-12H2,(H,18,19). The van der Waals surface area contributed by atoms with Gasteiger partial charge in [-0.15, -0.1) is 23.1 Å². The van der Waals surface area contributed by atoms with Crippen molar-refractivity contribution in [3.05, 3.63) is 64.9 Å². The van der Waals surface area contributed by atoms with E-state index in [1.807, 2.05) is 36.4 Å². The van der Waals surface area contributed by atoms with E-state index in [1.54, 1.807) is 23.1 Å². The van der Waals surface area contributed by atoms with Crippen molar-refractivity contribution < 1.29 is 4.79 Å². The number of hydrogen-bond acceptors (Lipinski definition) is 3. The predicted molar refractivity (Wildman–Crippen MR) is 93.1 cm³/mol. The van der Waals surface area contributed by atoms with Crippen LogP contribution in [0.4, 0.5) is 5.69 Å². The summed E-state index contributed by atoms with van der Waals surface area (Å²) < 4.78 is 0. The van der Waals surface area contributed by atoms with Gasteiger partial charge in [-0.25, -0.2) is 0 Å². The number of thioether (sulfide) groups is 1. The molecular weight excluding hydrogens is 298 g/mol. The van der Waals surface area contributed by atoms with E-state index in [2.05, 4.69) is 28.9 Å². The zero-order valence-corrected chi connectivity index (χ0v) is 13.0. The van der Waals surface area contributed by atoms with E-state index >= 15 is 0 Å². The quantitative estimate of drug-likeness (QED) is 0.735. The third kappa shape index (κ3) is 3.86. The maximum absolute atomic E-state index is 11.9. The van der Waals surface area contributed by atoms with Crippen LogP contribution < -0.4 is 5.32 Å². The van der Waals surface area contributed by atoms with Gasteiger partial charge < -0.3 is 5.32 Å². The Morgan fingerprint density at radius 2 is 1.90 bits per heavy atom. The molecule has 0 aliphatic heterocycles. The second kappa shape index (κ2) is 6.78. The first-order valence-corrected chi connectivity index (χ1v) is 8.73. The lowest BCUT2D eigenvalue weighted by atomic mass is 10.1. The topological polar surface area (TPSA) is 29.1 Å². The van der Waals surface area contributed by atoms with Crippen LogP contribution in [0, 0.1) is 0 Å². The first-order valence-electron chi connectivity index (χ1n) is 6.70. The first kappa shape index (κ1) is 14.2. The summed E-state index contributed by atoms with van der Waals surface area (Å²) in [4.78, 5) is 13.3. The van der Waals surface area contributed by atoms with Gasteiger partial charge in [-0.3, -0.25) is 4.79 Å². The van der Waals surface area contributed by atoms with Gasteiger partial charge in [0.2, 0.25) is 5.91 Å². The Kier molecular flexibility index (Phi) is 4.58. The Balaban J connectivity index is 1.55. The van der Waals surface area contributed by atoms with Crippen LogP contribution in [0.25, 0.3) is 10.8 Å². The van der Waals surface area contributed by atoms with Crippen molar-refractivity contribution in [2.75, 3.05) is 11.1 Å². The summed E-state index contributed by atoms with van der Waals surface area (Å²) in [6.07, 6.45) is 0. The molecule has 1 N–H and O–H groups in total. The molecule has 1 amide bonds. The van der Waals surface area contributed by atoms with Gasteiger partial charge in [0, 0.05) is 16.3 Å². The van der Waals surface area contributed by atoms with Gasteiger partial charge in [-0.05, 0) is 34.4 Å². The summed E-state index contributed by atoms with van der Waals surface area (Å²) in [5.41, 5.74) is 0.857. The summed E-state index contributed by atoms with van der Waals surface area (Å²) in [6, 6.07) is 18.3. The van der Waals surface area contributed by atoms with E-state index in [4.69, 9.17) is 0 Å². The fraction of sp³-hybridized carbons (Fsp3) is 0.118. The maximum Gasteiger partial charge on any atom is 0.234 e. The highest BCUT2D eigenvalue weighted by Gasteiger charge is 2.04. The lowest BCUT2D eigenvalue weighted by Crippen LogP contribution is -2.14. The zero-order valence-electron chi connectivity index (χ0n) is 11.4. The highest BCUT2D eigenvalue weighted by atomic mass is 32.2. The van der Waals surface area contributed by atoms with Gasteiger partial charge >= 0.3 is 0 Å². The van der Waals surface area contributed by atoms with E-state index in [0.717, 1.165) is 16.8 Å². The Morgan fingerprint density at radius 1 is 1.05 bits per heavy atom. The van der Waals surface area contributed by atoms with Crippen LogP contribution in [0.3, 0.4) is 0 Å². The molecule has 1 aromatic heterocycles. The molecule has 0 spiro atoms. The molecule has 0 saturated carbocycles. The van der Waals surface area contributed by atoms with Crippen molar-refractivity contribution >= 4 is 45.5 Å². The van der Waals surface area contributed by atoms with Gasteiger partial charge in [0.05, 0.1) is 5.75 Å². The minimum absolute atomic E-state index is 0.0480. The number of fused-ring (bicyclic) bond motifs is 1. The number of benzene rings is 2. The summed E-state index contributed by atoms with van der Waals surface area (Å²) in [6.45, 7) is 0. The largest absolute Gasteiger partial charge is 0.325 e. The number of nitrogens with one attached hydrogen (secondary N) is 1. The minimum atomic E-state index is 0.0480. The molecule has 0 aliphatic carbocycles. The molecule has 0 radical (unpaired) electrons. The zero-order chi connectivity index (χ0) is 14.5. The normalized spacial score (nSPS) is 10.7. The molecule has 0 saturated heterocycles. The summed E-state index contributed by atoms with van der Waals surface area (Å²) in [7, 11) is 0. The fourth-order valence-corrected chi connectivity index (χ4v) is 3.77. The molecule has 0 unspecified atom stereocenters. The van der Waals surface area contributed by atoms with Crippen molar-refractivity contribution in [1.82, 2.24) is 0 Å². The third-order valence-corrected chi connectivity index (χ3v) is 5.13. The fourth-order valence-electron chi connectivity index (χ4n) is 2.10. The molecule has 0 atom stereocenters. The second-order valence-electron chi connectivity index (χ2n) is 4.68. The first-order chi connectivity index (χ1) is 10.3. The van der Waals surface area contributed by atoms with E-state index in [0.29, 0.717) is 5.75 Å². The van der Waals surface area contributed by atoms with Gasteiger partial charge in [0.1, 0.15) is 0 Å². The average Bonchev–Trinajstić information content (AvgIpc) is 3.00. The monoisotopic (exact) mass is 313 g/mol. The van der Waals surface area contributed by atoms with Crippen LogP contribution in [0.2, 0.25) is 0 Å². The van der Waals surface area contributed by atoms with Crippen molar-refractivity contribution in [2.24, 2.45) is 0 Å². The third-order valence-electron chi connectivity index (χ3n) is 3.09. The number of anilines is 1. The summed E-state index contributed by atoms with van der Waals surface area (Å²) >= 11 is 3.37. The van der Waals surface area contributed by atoms with E-state index < -0.39 is 0 Å². The highest BCUT2D eigenvalue weighted by molar-refractivity contribution is 7.99. The second-order valence-corrected chi connectivity index (χ2v) is 6.70. The van der Waals surface area contributed by atoms with E-state index in [-0.39, 0.29) is 5.91 Å². The van der Waals surface area contributed by atoms with Gasteiger partial charge in [-0.1, -0.05) is 36.4 Å². The van der Waals surface area contributed by atoms with Crippen molar-refractivity contribution in [3.8, 4) is 0 Å². The number of rotatable bonds is 5. The maximum atomic E-state index is 11.9. The Morgan fingerprint density at radius 3 is 2.71 bits per heavy atom. The number of amides is 1. The Hall–Kier alpha value is -1.78. The molecule has 0 aliphatic rings. The van der Waals surface area contributed by atoms with E-state index in [1.165, 1.54) is 10.3 Å². The van der Waals surface area contributed by atoms with Crippen LogP contribution >= 0.6 is 23.1 Å². The van der Waals surface area contributed by atoms with Gasteiger partial charge in [-0.2, -0.15) is 0 Å². The molecule has 2 nitrogen and oxygen atoms in total. The molecule has 3 aromatic rings. The number of carbonyl (C=O) groups excluding carboxylic acids is 1. The molecule has 1 heterocycles. The lowest BCUT2D eigenvalue weighted by molar-refractivity contribution is -0.113. The van der Waals surface area contributed by atoms with E-state index in [9.17, 15) is 4.79 Å². The predicted octanol–water partition coefficient (Wildman–Crippen LogP) is 4.77. The molecule has 0 bridgehead atoms. The molecule has 3 rings (SSSR count). The van der Waals surface area contributed by atoms with Gasteiger partial charge in [0.25, 0.3) is 0 Å².